The van der Waals surface area contributed by atoms with Crippen molar-refractivity contribution in [2.75, 3.05) is 29.6 Å². The lowest BCUT2D eigenvalue weighted by Crippen LogP contribution is -2.22. The van der Waals surface area contributed by atoms with Crippen LogP contribution in [0.3, 0.4) is 0 Å². The van der Waals surface area contributed by atoms with Crippen molar-refractivity contribution in [1.82, 2.24) is 0 Å². The molecule has 3 N–H and O–H groups in total. The Labute approximate surface area is 148 Å². The van der Waals surface area contributed by atoms with Gasteiger partial charge in [-0.1, -0.05) is 12.1 Å². The first-order valence-corrected chi connectivity index (χ1v) is 8.03. The monoisotopic (exact) mass is 391 g/mol. The third-order valence-corrected chi connectivity index (χ3v) is 3.80. The number of benzene rings is 2. The minimum atomic E-state index is -0.232. The lowest BCUT2D eigenvalue weighted by molar-refractivity contribution is -0.115. The predicted molar refractivity (Wildman–Crippen MR) is 98.6 cm³/mol. The van der Waals surface area contributed by atoms with Gasteiger partial charge < -0.3 is 20.7 Å². The van der Waals surface area contributed by atoms with Gasteiger partial charge in [-0.25, -0.2) is 0 Å². The van der Waals surface area contributed by atoms with Crippen molar-refractivity contribution in [2.24, 2.45) is 0 Å². The smallest absolute Gasteiger partial charge is 0.243 e. The average Bonchev–Trinajstić information content (AvgIpc) is 2.54. The zero-order valence-corrected chi connectivity index (χ0v) is 14.9. The number of anilines is 3. The first kappa shape index (κ1) is 17.8. The number of hydrogen-bond donors (Lipinski definition) is 3. The largest absolute Gasteiger partial charge is 0.495 e. The number of nitrogens with one attached hydrogen (secondary N) is 3. The van der Waals surface area contributed by atoms with E-state index >= 15 is 0 Å². The minimum Gasteiger partial charge on any atom is -0.495 e. The summed E-state index contributed by atoms with van der Waals surface area (Å²) in [6.45, 7) is 1.51. The molecule has 0 atom stereocenters. The Hall–Kier alpha value is -2.54. The summed E-state index contributed by atoms with van der Waals surface area (Å²) in [6.07, 6.45) is 0. The predicted octanol–water partition coefficient (Wildman–Crippen LogP) is 3.47. The number of carbonyl (C=O) groups is 2. The minimum absolute atomic E-state index is 0.0934. The molecule has 6 nitrogen and oxygen atoms in total. The molecule has 24 heavy (non-hydrogen) atoms. The molecule has 2 amide bonds. The SMILES string of the molecule is COc1ccc(NC(C)=O)cc1NC(=O)CNc1ccccc1Br. The van der Waals surface area contributed by atoms with Gasteiger partial charge in [0.15, 0.2) is 0 Å². The maximum Gasteiger partial charge on any atom is 0.243 e. The summed E-state index contributed by atoms with van der Waals surface area (Å²) in [5.41, 5.74) is 1.90. The second kappa shape index (κ2) is 8.35. The maximum atomic E-state index is 12.2. The van der Waals surface area contributed by atoms with E-state index in [1.807, 2.05) is 24.3 Å². The van der Waals surface area contributed by atoms with Crippen LogP contribution in [0.2, 0.25) is 0 Å². The number of halogens is 1. The molecule has 0 saturated carbocycles. The molecule has 7 heteroatoms. The van der Waals surface area contributed by atoms with Crippen molar-refractivity contribution in [2.45, 2.75) is 6.92 Å². The highest BCUT2D eigenvalue weighted by atomic mass is 79.9. The normalized spacial score (nSPS) is 9.96. The van der Waals surface area contributed by atoms with E-state index in [-0.39, 0.29) is 18.4 Å². The number of ether oxygens (including phenoxy) is 1. The molecule has 0 fully saturated rings. The zero-order valence-electron chi connectivity index (χ0n) is 13.4. The van der Waals surface area contributed by atoms with E-state index in [1.54, 1.807) is 18.2 Å². The van der Waals surface area contributed by atoms with Crippen molar-refractivity contribution in [1.29, 1.82) is 0 Å². The number of hydrogen-bond acceptors (Lipinski definition) is 4. The average molecular weight is 392 g/mol. The van der Waals surface area contributed by atoms with Gasteiger partial charge in [0, 0.05) is 22.8 Å². The van der Waals surface area contributed by atoms with Gasteiger partial charge in [0.05, 0.1) is 19.3 Å². The number of amides is 2. The van der Waals surface area contributed by atoms with Gasteiger partial charge in [-0.15, -0.1) is 0 Å². The molecule has 126 valence electrons. The molecule has 0 aliphatic rings. The first-order valence-electron chi connectivity index (χ1n) is 7.23. The summed E-state index contributed by atoms with van der Waals surface area (Å²) in [7, 11) is 1.52. The van der Waals surface area contributed by atoms with E-state index < -0.39 is 0 Å². The highest BCUT2D eigenvalue weighted by Crippen LogP contribution is 2.28. The Bertz CT molecular complexity index is 750. The summed E-state index contributed by atoms with van der Waals surface area (Å²) < 4.78 is 6.11. The lowest BCUT2D eigenvalue weighted by Gasteiger charge is -2.13. The quantitative estimate of drug-likeness (QED) is 0.704. The van der Waals surface area contributed by atoms with Gasteiger partial charge in [0.25, 0.3) is 0 Å². The fourth-order valence-electron chi connectivity index (χ4n) is 2.06. The van der Waals surface area contributed by atoms with Gasteiger partial charge in [-0.05, 0) is 46.3 Å². The van der Waals surface area contributed by atoms with Gasteiger partial charge in [-0.3, -0.25) is 9.59 Å². The van der Waals surface area contributed by atoms with E-state index in [4.69, 9.17) is 4.74 Å². The third kappa shape index (κ3) is 4.99. The molecule has 2 aromatic carbocycles. The highest BCUT2D eigenvalue weighted by Gasteiger charge is 2.10. The fourth-order valence-corrected chi connectivity index (χ4v) is 2.49. The van der Waals surface area contributed by atoms with Crippen LogP contribution < -0.4 is 20.7 Å². The molecule has 0 bridgehead atoms. The summed E-state index contributed by atoms with van der Waals surface area (Å²) in [5.74, 6) is 0.0930. The van der Waals surface area contributed by atoms with Crippen LogP contribution in [-0.2, 0) is 9.59 Å². The van der Waals surface area contributed by atoms with Crippen molar-refractivity contribution in [3.63, 3.8) is 0 Å². The second-order valence-electron chi connectivity index (χ2n) is 4.98. The van der Waals surface area contributed by atoms with Gasteiger partial charge in [-0.2, -0.15) is 0 Å². The van der Waals surface area contributed by atoms with Crippen LogP contribution in [0, 0.1) is 0 Å². The summed E-state index contributed by atoms with van der Waals surface area (Å²) in [6, 6.07) is 12.6. The van der Waals surface area contributed by atoms with Crippen molar-refractivity contribution < 1.29 is 14.3 Å². The molecule has 2 rings (SSSR count). The highest BCUT2D eigenvalue weighted by molar-refractivity contribution is 9.10. The maximum absolute atomic E-state index is 12.2. The fraction of sp³-hybridized carbons (Fsp3) is 0.176. The Morgan fingerprint density at radius 3 is 2.50 bits per heavy atom. The van der Waals surface area contributed by atoms with Crippen LogP contribution in [0.1, 0.15) is 6.92 Å². The summed E-state index contributed by atoms with van der Waals surface area (Å²) >= 11 is 3.41. The number of rotatable bonds is 6. The van der Waals surface area contributed by atoms with Crippen LogP contribution in [0.4, 0.5) is 17.1 Å². The van der Waals surface area contributed by atoms with Crippen LogP contribution in [0.25, 0.3) is 0 Å². The van der Waals surface area contributed by atoms with E-state index in [2.05, 4.69) is 31.9 Å². The standard InChI is InChI=1S/C17H18BrN3O3/c1-11(22)20-12-7-8-16(24-2)15(9-12)21-17(23)10-19-14-6-4-3-5-13(14)18/h3-9,19H,10H2,1-2H3,(H,20,22)(H,21,23). The molecule has 0 aromatic heterocycles. The molecule has 0 unspecified atom stereocenters. The van der Waals surface area contributed by atoms with E-state index in [0.29, 0.717) is 17.1 Å². The van der Waals surface area contributed by atoms with Crippen LogP contribution in [0.5, 0.6) is 5.75 Å². The molecule has 0 heterocycles. The number of methoxy groups -OCH3 is 1. The second-order valence-corrected chi connectivity index (χ2v) is 5.83. The number of para-hydroxylation sites is 1. The van der Waals surface area contributed by atoms with Crippen molar-refractivity contribution >= 4 is 44.8 Å². The zero-order chi connectivity index (χ0) is 17.5. The van der Waals surface area contributed by atoms with Crippen molar-refractivity contribution in [3.8, 4) is 5.75 Å². The van der Waals surface area contributed by atoms with E-state index in [1.165, 1.54) is 14.0 Å². The van der Waals surface area contributed by atoms with Gasteiger partial charge in [0.2, 0.25) is 11.8 Å². The number of carbonyl (C=O) groups excluding carboxylic acids is 2. The van der Waals surface area contributed by atoms with Crippen molar-refractivity contribution in [3.05, 3.63) is 46.9 Å². The van der Waals surface area contributed by atoms with Gasteiger partial charge >= 0.3 is 0 Å². The summed E-state index contributed by atoms with van der Waals surface area (Å²) in [5, 5.41) is 8.49. The molecule has 0 radical (unpaired) electrons. The third-order valence-electron chi connectivity index (χ3n) is 3.11. The molecule has 0 aliphatic carbocycles. The Morgan fingerprint density at radius 1 is 1.08 bits per heavy atom. The Balaban J connectivity index is 2.04. The van der Waals surface area contributed by atoms with Crippen LogP contribution in [-0.4, -0.2) is 25.5 Å². The molecular formula is C17H18BrN3O3. The Morgan fingerprint density at radius 2 is 1.83 bits per heavy atom. The molecule has 0 spiro atoms. The topological polar surface area (TPSA) is 79.5 Å². The molecule has 0 saturated heterocycles. The van der Waals surface area contributed by atoms with Gasteiger partial charge in [0.1, 0.15) is 5.75 Å². The van der Waals surface area contributed by atoms with Crippen LogP contribution >= 0.6 is 15.9 Å². The first-order chi connectivity index (χ1) is 11.5. The summed E-state index contributed by atoms with van der Waals surface area (Å²) in [4.78, 5) is 23.3. The van der Waals surface area contributed by atoms with E-state index in [9.17, 15) is 9.59 Å². The molecule has 0 aliphatic heterocycles. The van der Waals surface area contributed by atoms with E-state index in [0.717, 1.165) is 10.2 Å². The van der Waals surface area contributed by atoms with Crippen LogP contribution in [0.15, 0.2) is 46.9 Å². The Kier molecular flexibility index (Phi) is 6.20. The molecule has 2 aromatic rings. The lowest BCUT2D eigenvalue weighted by atomic mass is 10.2. The molecular weight excluding hydrogens is 374 g/mol.